The number of hydrogen-bond donors (Lipinski definition) is 1. The van der Waals surface area contributed by atoms with E-state index in [0.29, 0.717) is 38.6 Å². The molecule has 4 aromatic rings. The van der Waals surface area contributed by atoms with Crippen molar-refractivity contribution in [3.05, 3.63) is 78.5 Å². The second kappa shape index (κ2) is 9.38. The van der Waals surface area contributed by atoms with Gasteiger partial charge in [-0.1, -0.05) is 57.6 Å². The molecule has 0 aliphatic heterocycles. The van der Waals surface area contributed by atoms with Crippen LogP contribution >= 0.6 is 46.4 Å². The second-order valence-corrected chi connectivity index (χ2v) is 9.05. The van der Waals surface area contributed by atoms with Crippen LogP contribution in [0.5, 0.6) is 0 Å². The highest BCUT2D eigenvalue weighted by Gasteiger charge is 2.23. The fourth-order valence-electron chi connectivity index (χ4n) is 3.29. The molecule has 172 valence electrons. The van der Waals surface area contributed by atoms with E-state index in [1.165, 1.54) is 0 Å². The number of nitrogens with zero attached hydrogens (tertiary/aromatic N) is 5. The molecule has 0 atom stereocenters. The first-order valence-electron chi connectivity index (χ1n) is 9.77. The Morgan fingerprint density at radius 1 is 1.06 bits per heavy atom. The van der Waals surface area contributed by atoms with Gasteiger partial charge in [0.05, 0.1) is 29.5 Å². The zero-order valence-corrected chi connectivity index (χ0v) is 20.8. The molecule has 0 fully saturated rings. The van der Waals surface area contributed by atoms with Crippen LogP contribution in [0.25, 0.3) is 0 Å². The van der Waals surface area contributed by atoms with Crippen LogP contribution in [0.4, 0.5) is 5.82 Å². The predicted molar refractivity (Wildman–Crippen MR) is 128 cm³/mol. The summed E-state index contributed by atoms with van der Waals surface area (Å²) >= 11 is 24.7. The largest absolute Gasteiger partial charge is 0.361 e. The van der Waals surface area contributed by atoms with Gasteiger partial charge in [0, 0.05) is 21.8 Å². The summed E-state index contributed by atoms with van der Waals surface area (Å²) in [5.41, 5.74) is 2.98. The average Bonchev–Trinajstić information content (AvgIpc) is 3.37. The maximum atomic E-state index is 13.0. The number of anilines is 1. The van der Waals surface area contributed by atoms with Crippen LogP contribution in [0.3, 0.4) is 0 Å². The molecular weight excluding hydrogens is 510 g/mol. The normalized spacial score (nSPS) is 11.2. The summed E-state index contributed by atoms with van der Waals surface area (Å²) in [4.78, 5) is 13.0. The smallest absolute Gasteiger partial charge is 0.279 e. The molecule has 33 heavy (non-hydrogen) atoms. The Labute approximate surface area is 209 Å². The lowest BCUT2D eigenvalue weighted by molar-refractivity contribution is 0.101. The van der Waals surface area contributed by atoms with Gasteiger partial charge in [0.1, 0.15) is 10.8 Å². The highest BCUT2D eigenvalue weighted by Crippen LogP contribution is 2.26. The molecule has 3 aromatic heterocycles. The van der Waals surface area contributed by atoms with Crippen LogP contribution in [0.1, 0.15) is 38.8 Å². The quantitative estimate of drug-likeness (QED) is 0.334. The number of carbonyl (C=O) groups is 1. The van der Waals surface area contributed by atoms with Crippen LogP contribution in [0.2, 0.25) is 20.1 Å². The standard InChI is InChI=1S/C21H18Cl4N6O2/c1-10-18(25)11(2)31(27-10)8-15-12(3)33-29-19(15)21(32)26-20-17(24)9-30(28-20)7-13-4-5-14(22)6-16(13)23/h4-6,9H,7-8H2,1-3H3,(H,26,28,32). The number of halogens is 4. The Hall–Kier alpha value is -2.52. The lowest BCUT2D eigenvalue weighted by Crippen LogP contribution is -2.17. The molecule has 0 spiro atoms. The Kier molecular flexibility index (Phi) is 6.72. The van der Waals surface area contributed by atoms with E-state index in [4.69, 9.17) is 50.9 Å². The summed E-state index contributed by atoms with van der Waals surface area (Å²) in [5, 5.41) is 17.3. The van der Waals surface area contributed by atoms with Crippen molar-refractivity contribution in [3.8, 4) is 0 Å². The van der Waals surface area contributed by atoms with E-state index in [-0.39, 0.29) is 23.1 Å². The molecule has 1 amide bonds. The van der Waals surface area contributed by atoms with E-state index < -0.39 is 5.91 Å². The Bertz CT molecular complexity index is 1360. The molecule has 1 N–H and O–H groups in total. The van der Waals surface area contributed by atoms with Gasteiger partial charge in [-0.25, -0.2) is 0 Å². The SMILES string of the molecule is Cc1nn(Cc2c(C(=O)Nc3nn(Cc4ccc(Cl)cc4Cl)cc3Cl)noc2C)c(C)c1Cl. The minimum absolute atomic E-state index is 0.113. The van der Waals surface area contributed by atoms with E-state index in [1.807, 2.05) is 13.8 Å². The number of benzene rings is 1. The molecule has 0 bridgehead atoms. The Morgan fingerprint density at radius 3 is 2.48 bits per heavy atom. The minimum atomic E-state index is -0.508. The molecule has 0 aliphatic carbocycles. The van der Waals surface area contributed by atoms with Gasteiger partial charge in [0.25, 0.3) is 5.91 Å². The predicted octanol–water partition coefficient (Wildman–Crippen LogP) is 5.96. The van der Waals surface area contributed by atoms with Crippen molar-refractivity contribution in [1.29, 1.82) is 0 Å². The number of carbonyl (C=O) groups excluding carboxylic acids is 1. The highest BCUT2D eigenvalue weighted by atomic mass is 35.5. The van der Waals surface area contributed by atoms with E-state index in [1.54, 1.807) is 40.7 Å². The Morgan fingerprint density at radius 2 is 1.82 bits per heavy atom. The lowest BCUT2D eigenvalue weighted by atomic mass is 10.2. The van der Waals surface area contributed by atoms with Gasteiger partial charge in [-0.3, -0.25) is 14.2 Å². The monoisotopic (exact) mass is 526 g/mol. The average molecular weight is 528 g/mol. The Balaban J connectivity index is 1.54. The molecule has 3 heterocycles. The molecule has 0 saturated carbocycles. The fraction of sp³-hybridized carbons (Fsp3) is 0.238. The summed E-state index contributed by atoms with van der Waals surface area (Å²) in [6, 6.07) is 5.19. The number of aryl methyl sites for hydroxylation is 2. The molecule has 8 nitrogen and oxygen atoms in total. The first-order valence-corrected chi connectivity index (χ1v) is 11.3. The lowest BCUT2D eigenvalue weighted by Gasteiger charge is -2.06. The third-order valence-corrected chi connectivity index (χ3v) is 6.51. The van der Waals surface area contributed by atoms with E-state index in [2.05, 4.69) is 20.7 Å². The van der Waals surface area contributed by atoms with Crippen LogP contribution in [0.15, 0.2) is 28.9 Å². The van der Waals surface area contributed by atoms with E-state index in [0.717, 1.165) is 11.3 Å². The molecule has 0 unspecified atom stereocenters. The zero-order chi connectivity index (χ0) is 23.9. The van der Waals surface area contributed by atoms with Crippen molar-refractivity contribution in [1.82, 2.24) is 24.7 Å². The van der Waals surface area contributed by atoms with Crippen LogP contribution in [-0.2, 0) is 13.1 Å². The van der Waals surface area contributed by atoms with E-state index >= 15 is 0 Å². The van der Waals surface area contributed by atoms with Crippen molar-refractivity contribution in [2.45, 2.75) is 33.9 Å². The second-order valence-electron chi connectivity index (χ2n) is 7.42. The highest BCUT2D eigenvalue weighted by molar-refractivity contribution is 6.35. The maximum absolute atomic E-state index is 13.0. The van der Waals surface area contributed by atoms with Gasteiger partial charge in [0.2, 0.25) is 0 Å². The first kappa shape index (κ1) is 23.6. The molecule has 0 radical (unpaired) electrons. The topological polar surface area (TPSA) is 90.8 Å². The number of rotatable bonds is 6. The molecule has 0 saturated heterocycles. The van der Waals surface area contributed by atoms with E-state index in [9.17, 15) is 4.79 Å². The van der Waals surface area contributed by atoms with Crippen LogP contribution in [0, 0.1) is 20.8 Å². The number of aromatic nitrogens is 5. The third-order valence-electron chi connectivity index (χ3n) is 5.10. The summed E-state index contributed by atoms with van der Waals surface area (Å²) in [6.45, 7) is 6.01. The van der Waals surface area contributed by atoms with Crippen molar-refractivity contribution < 1.29 is 9.32 Å². The zero-order valence-electron chi connectivity index (χ0n) is 17.8. The van der Waals surface area contributed by atoms with Gasteiger partial charge in [-0.15, -0.1) is 0 Å². The van der Waals surface area contributed by atoms with Gasteiger partial charge in [0.15, 0.2) is 11.5 Å². The molecule has 4 rings (SSSR count). The number of nitrogens with one attached hydrogen (secondary N) is 1. The van der Waals surface area contributed by atoms with Crippen molar-refractivity contribution in [2.24, 2.45) is 0 Å². The van der Waals surface area contributed by atoms with Crippen LogP contribution in [-0.4, -0.2) is 30.6 Å². The molecule has 0 aliphatic rings. The van der Waals surface area contributed by atoms with Gasteiger partial charge >= 0.3 is 0 Å². The molecule has 12 heteroatoms. The minimum Gasteiger partial charge on any atom is -0.361 e. The van der Waals surface area contributed by atoms with Crippen molar-refractivity contribution in [2.75, 3.05) is 5.32 Å². The van der Waals surface area contributed by atoms with Gasteiger partial charge < -0.3 is 9.84 Å². The number of amides is 1. The van der Waals surface area contributed by atoms with Gasteiger partial charge in [-0.05, 0) is 38.5 Å². The first-order chi connectivity index (χ1) is 15.6. The molecule has 1 aromatic carbocycles. The third kappa shape index (κ3) is 4.89. The van der Waals surface area contributed by atoms with Gasteiger partial charge in [-0.2, -0.15) is 10.2 Å². The summed E-state index contributed by atoms with van der Waals surface area (Å²) in [5.74, 6) is 0.177. The summed E-state index contributed by atoms with van der Waals surface area (Å²) in [6.07, 6.45) is 1.59. The summed E-state index contributed by atoms with van der Waals surface area (Å²) in [7, 11) is 0. The number of hydrogen-bond acceptors (Lipinski definition) is 5. The van der Waals surface area contributed by atoms with Crippen molar-refractivity contribution >= 4 is 58.1 Å². The maximum Gasteiger partial charge on any atom is 0.279 e. The summed E-state index contributed by atoms with van der Waals surface area (Å²) < 4.78 is 8.54. The molecular formula is C21H18Cl4N6O2. The fourth-order valence-corrected chi connectivity index (χ4v) is 4.09. The van der Waals surface area contributed by atoms with Crippen molar-refractivity contribution in [3.63, 3.8) is 0 Å². The van der Waals surface area contributed by atoms with Crippen LogP contribution < -0.4 is 5.32 Å².